The van der Waals surface area contributed by atoms with E-state index in [0.29, 0.717) is 16.3 Å². The molecular formula is C25H28ClN3O2. The average molecular weight is 438 g/mol. The van der Waals surface area contributed by atoms with Gasteiger partial charge >= 0.3 is 0 Å². The first kappa shape index (κ1) is 21.7. The summed E-state index contributed by atoms with van der Waals surface area (Å²) in [5.74, 6) is 0.705. The Morgan fingerprint density at radius 1 is 1.19 bits per heavy atom. The molecule has 0 radical (unpaired) electrons. The average Bonchev–Trinajstić information content (AvgIpc) is 2.79. The lowest BCUT2D eigenvalue weighted by atomic mass is 9.92. The highest BCUT2D eigenvalue weighted by atomic mass is 35.5. The Hall–Kier alpha value is -2.55. The predicted octanol–water partition coefficient (Wildman–Crippen LogP) is 4.71. The molecule has 2 aromatic rings. The number of likely N-dealkylation sites (N-methyl/N-ethyl adjacent to an activating group) is 1. The number of hydrogen-bond acceptors (Lipinski definition) is 4. The van der Waals surface area contributed by atoms with Gasteiger partial charge < -0.3 is 10.1 Å². The number of rotatable bonds is 5. The summed E-state index contributed by atoms with van der Waals surface area (Å²) in [5, 5.41) is 12.6. The molecule has 162 valence electrons. The topological polar surface area (TPSA) is 65.4 Å². The minimum atomic E-state index is 0.0176. The second kappa shape index (κ2) is 9.72. The Labute approximate surface area is 189 Å². The number of fused-ring (bicyclic) bond motifs is 1. The van der Waals surface area contributed by atoms with Gasteiger partial charge in [-0.1, -0.05) is 24.6 Å². The highest BCUT2D eigenvalue weighted by Gasteiger charge is 2.25. The van der Waals surface area contributed by atoms with E-state index in [1.165, 1.54) is 11.1 Å². The molecule has 0 unspecified atom stereocenters. The summed E-state index contributed by atoms with van der Waals surface area (Å²) in [4.78, 5) is 15.2. The van der Waals surface area contributed by atoms with E-state index in [9.17, 15) is 4.79 Å². The van der Waals surface area contributed by atoms with Crippen molar-refractivity contribution in [3.63, 3.8) is 0 Å². The lowest BCUT2D eigenvalue weighted by molar-refractivity contribution is 0.0893. The van der Waals surface area contributed by atoms with Crippen LogP contribution in [-0.2, 0) is 13.0 Å². The van der Waals surface area contributed by atoms with Gasteiger partial charge in [-0.25, -0.2) is 0 Å². The van der Waals surface area contributed by atoms with Crippen molar-refractivity contribution in [2.24, 2.45) is 0 Å². The SMILES string of the molecule is CCN1CCc2cc(C(=O)NC3CCC(Oc4ccc(C#N)c(Cl)c4)CC3)ccc2C1. The molecule has 0 saturated heterocycles. The van der Waals surface area contributed by atoms with E-state index < -0.39 is 0 Å². The first-order valence-corrected chi connectivity index (χ1v) is 11.4. The van der Waals surface area contributed by atoms with E-state index in [1.807, 2.05) is 6.07 Å². The maximum atomic E-state index is 12.8. The summed E-state index contributed by atoms with van der Waals surface area (Å²) >= 11 is 6.09. The molecule has 0 aromatic heterocycles. The summed E-state index contributed by atoms with van der Waals surface area (Å²) in [6.45, 7) is 5.28. The van der Waals surface area contributed by atoms with Gasteiger partial charge in [-0.15, -0.1) is 0 Å². The van der Waals surface area contributed by atoms with Crippen LogP contribution in [0.4, 0.5) is 0 Å². The number of ether oxygens (including phenoxy) is 1. The van der Waals surface area contributed by atoms with Crippen LogP contribution >= 0.6 is 11.6 Å². The quantitative estimate of drug-likeness (QED) is 0.735. The molecule has 1 aliphatic carbocycles. The second-order valence-electron chi connectivity index (χ2n) is 8.42. The first-order chi connectivity index (χ1) is 15.1. The van der Waals surface area contributed by atoms with Crippen molar-refractivity contribution in [2.75, 3.05) is 13.1 Å². The third-order valence-corrected chi connectivity index (χ3v) is 6.69. The van der Waals surface area contributed by atoms with Crippen molar-refractivity contribution < 1.29 is 9.53 Å². The van der Waals surface area contributed by atoms with Crippen LogP contribution in [0, 0.1) is 11.3 Å². The van der Waals surface area contributed by atoms with E-state index in [2.05, 4.69) is 35.3 Å². The molecule has 31 heavy (non-hydrogen) atoms. The van der Waals surface area contributed by atoms with Crippen molar-refractivity contribution in [3.05, 3.63) is 63.7 Å². The van der Waals surface area contributed by atoms with E-state index in [-0.39, 0.29) is 18.1 Å². The highest BCUT2D eigenvalue weighted by molar-refractivity contribution is 6.31. The molecule has 1 heterocycles. The van der Waals surface area contributed by atoms with Crippen molar-refractivity contribution in [1.29, 1.82) is 5.26 Å². The first-order valence-electron chi connectivity index (χ1n) is 11.1. The summed E-state index contributed by atoms with van der Waals surface area (Å²) in [5.41, 5.74) is 3.85. The van der Waals surface area contributed by atoms with Crippen molar-refractivity contribution in [3.8, 4) is 11.8 Å². The number of carbonyl (C=O) groups excluding carboxylic acids is 1. The van der Waals surface area contributed by atoms with Gasteiger partial charge in [0.1, 0.15) is 11.8 Å². The zero-order chi connectivity index (χ0) is 21.8. The lowest BCUT2D eigenvalue weighted by Crippen LogP contribution is -2.39. The Balaban J connectivity index is 1.28. The van der Waals surface area contributed by atoms with Gasteiger partial charge in [-0.2, -0.15) is 5.26 Å². The van der Waals surface area contributed by atoms with Crippen molar-refractivity contribution in [2.45, 2.75) is 57.7 Å². The number of nitriles is 1. The van der Waals surface area contributed by atoms with Gasteiger partial charge in [-0.05, 0) is 74.0 Å². The molecule has 1 aliphatic heterocycles. The standard InChI is InChI=1S/C25H28ClN3O2/c1-2-29-12-11-17-13-18(3-4-20(17)16-29)25(30)28-21-6-9-22(10-7-21)31-23-8-5-19(15-27)24(26)14-23/h3-5,8,13-14,21-22H,2,6-7,9-12,16H2,1H3,(H,28,30). The fraction of sp³-hybridized carbons (Fsp3) is 0.440. The molecule has 0 atom stereocenters. The van der Waals surface area contributed by atoms with Gasteiger partial charge in [0.15, 0.2) is 0 Å². The molecule has 4 rings (SSSR count). The normalized spacial score (nSPS) is 21.1. The molecule has 2 aromatic carbocycles. The Morgan fingerprint density at radius 3 is 2.71 bits per heavy atom. The zero-order valence-corrected chi connectivity index (χ0v) is 18.6. The van der Waals surface area contributed by atoms with Crippen LogP contribution in [0.5, 0.6) is 5.75 Å². The number of nitrogens with zero attached hydrogens (tertiary/aromatic N) is 2. The number of halogens is 1. The molecule has 6 heteroatoms. The maximum absolute atomic E-state index is 12.8. The van der Waals surface area contributed by atoms with Crippen LogP contribution in [0.1, 0.15) is 59.7 Å². The van der Waals surface area contributed by atoms with Gasteiger partial charge in [0.2, 0.25) is 0 Å². The van der Waals surface area contributed by atoms with E-state index in [1.54, 1.807) is 18.2 Å². The zero-order valence-electron chi connectivity index (χ0n) is 17.9. The molecule has 1 amide bonds. The molecule has 2 aliphatic rings. The Morgan fingerprint density at radius 2 is 2.00 bits per heavy atom. The third-order valence-electron chi connectivity index (χ3n) is 6.38. The fourth-order valence-electron chi connectivity index (χ4n) is 4.47. The molecule has 5 nitrogen and oxygen atoms in total. The lowest BCUT2D eigenvalue weighted by Gasteiger charge is -2.30. The van der Waals surface area contributed by atoms with Crippen LogP contribution in [-0.4, -0.2) is 36.0 Å². The third kappa shape index (κ3) is 5.20. The predicted molar refractivity (Wildman–Crippen MR) is 121 cm³/mol. The number of amides is 1. The van der Waals surface area contributed by atoms with E-state index in [4.69, 9.17) is 21.6 Å². The van der Waals surface area contributed by atoms with Crippen LogP contribution in [0.25, 0.3) is 0 Å². The molecule has 1 fully saturated rings. The molecule has 1 saturated carbocycles. The summed E-state index contributed by atoms with van der Waals surface area (Å²) < 4.78 is 6.04. The minimum absolute atomic E-state index is 0.0176. The number of nitrogens with one attached hydrogen (secondary N) is 1. The van der Waals surface area contributed by atoms with Gasteiger partial charge in [-0.3, -0.25) is 9.69 Å². The maximum Gasteiger partial charge on any atom is 0.251 e. The van der Waals surface area contributed by atoms with E-state index in [0.717, 1.165) is 57.3 Å². The smallest absolute Gasteiger partial charge is 0.251 e. The Bertz CT molecular complexity index is 993. The van der Waals surface area contributed by atoms with Gasteiger partial charge in [0, 0.05) is 30.8 Å². The van der Waals surface area contributed by atoms with Crippen molar-refractivity contribution in [1.82, 2.24) is 10.2 Å². The number of benzene rings is 2. The van der Waals surface area contributed by atoms with Crippen LogP contribution < -0.4 is 10.1 Å². The Kier molecular flexibility index (Phi) is 6.80. The van der Waals surface area contributed by atoms with Crippen LogP contribution in [0.3, 0.4) is 0 Å². The van der Waals surface area contributed by atoms with Crippen LogP contribution in [0.2, 0.25) is 5.02 Å². The second-order valence-corrected chi connectivity index (χ2v) is 8.83. The fourth-order valence-corrected chi connectivity index (χ4v) is 4.68. The van der Waals surface area contributed by atoms with Crippen molar-refractivity contribution >= 4 is 17.5 Å². The molecule has 0 spiro atoms. The monoisotopic (exact) mass is 437 g/mol. The molecular weight excluding hydrogens is 410 g/mol. The van der Waals surface area contributed by atoms with E-state index >= 15 is 0 Å². The molecule has 1 N–H and O–H groups in total. The summed E-state index contributed by atoms with van der Waals surface area (Å²) in [7, 11) is 0. The molecule has 0 bridgehead atoms. The number of carbonyl (C=O) groups is 1. The summed E-state index contributed by atoms with van der Waals surface area (Å²) in [6, 6.07) is 13.5. The minimum Gasteiger partial charge on any atom is -0.490 e. The van der Waals surface area contributed by atoms with Gasteiger partial charge in [0.25, 0.3) is 5.91 Å². The van der Waals surface area contributed by atoms with Gasteiger partial charge in [0.05, 0.1) is 16.7 Å². The largest absolute Gasteiger partial charge is 0.490 e. The number of hydrogen-bond donors (Lipinski definition) is 1. The summed E-state index contributed by atoms with van der Waals surface area (Å²) in [6.07, 6.45) is 4.63. The highest BCUT2D eigenvalue weighted by Crippen LogP contribution is 2.27. The van der Waals surface area contributed by atoms with Crippen LogP contribution in [0.15, 0.2) is 36.4 Å².